The molecule has 6 heteroatoms. The van der Waals surface area contributed by atoms with Crippen molar-refractivity contribution >= 4 is 17.6 Å². The van der Waals surface area contributed by atoms with Gasteiger partial charge in [-0.05, 0) is 61.4 Å². The number of phenols is 1. The van der Waals surface area contributed by atoms with Crippen LogP contribution in [0, 0.1) is 13.8 Å². The van der Waals surface area contributed by atoms with Crippen molar-refractivity contribution in [2.75, 3.05) is 18.4 Å². The molecule has 1 amide bonds. The van der Waals surface area contributed by atoms with E-state index in [9.17, 15) is 9.90 Å². The number of aromatic hydroxyl groups is 1. The summed E-state index contributed by atoms with van der Waals surface area (Å²) < 4.78 is 0. The van der Waals surface area contributed by atoms with Crippen LogP contribution in [-0.4, -0.2) is 30.1 Å². The van der Waals surface area contributed by atoms with Crippen LogP contribution >= 0.6 is 0 Å². The number of anilines is 1. The van der Waals surface area contributed by atoms with Crippen molar-refractivity contribution in [3.8, 4) is 5.75 Å². The van der Waals surface area contributed by atoms with Crippen LogP contribution in [0.3, 0.4) is 0 Å². The van der Waals surface area contributed by atoms with E-state index in [1.54, 1.807) is 12.1 Å². The lowest BCUT2D eigenvalue weighted by molar-refractivity contribution is 0.0955. The fourth-order valence-corrected chi connectivity index (χ4v) is 2.29. The first-order valence-electron chi connectivity index (χ1n) is 7.66. The maximum atomic E-state index is 11.9. The van der Waals surface area contributed by atoms with Crippen molar-refractivity contribution in [2.45, 2.75) is 13.8 Å². The second-order valence-corrected chi connectivity index (χ2v) is 5.57. The van der Waals surface area contributed by atoms with Crippen LogP contribution in [0.5, 0.6) is 5.75 Å². The molecule has 0 radical (unpaired) electrons. The van der Waals surface area contributed by atoms with E-state index in [1.807, 2.05) is 26.0 Å². The van der Waals surface area contributed by atoms with E-state index in [2.05, 4.69) is 21.7 Å². The van der Waals surface area contributed by atoms with Crippen LogP contribution in [0.25, 0.3) is 0 Å². The van der Waals surface area contributed by atoms with Gasteiger partial charge in [-0.15, -0.1) is 0 Å². The number of hydrogen-bond acceptors (Lipinski definition) is 3. The molecule has 2 aromatic carbocycles. The van der Waals surface area contributed by atoms with E-state index < -0.39 is 0 Å². The quantitative estimate of drug-likeness (QED) is 0.384. The standard InChI is InChI=1S/C18H22N4O2/c1-12-9-13(2)11-15(10-12)22-18(19)21-8-7-20-17(24)14-3-5-16(23)6-4-14/h3-6,9-11,23H,7-8H2,1-2H3,(H,20,24)(H3,19,21,22). The van der Waals surface area contributed by atoms with Gasteiger partial charge in [0.05, 0.1) is 6.54 Å². The molecule has 2 aromatic rings. The highest BCUT2D eigenvalue weighted by molar-refractivity contribution is 5.94. The highest BCUT2D eigenvalue weighted by atomic mass is 16.3. The molecule has 0 saturated heterocycles. The zero-order chi connectivity index (χ0) is 17.5. The molecular formula is C18H22N4O2. The first-order chi connectivity index (χ1) is 11.4. The first-order valence-corrected chi connectivity index (χ1v) is 7.66. The summed E-state index contributed by atoms with van der Waals surface area (Å²) in [6, 6.07) is 12.1. The number of hydrogen-bond donors (Lipinski definition) is 4. The van der Waals surface area contributed by atoms with Gasteiger partial charge in [0.15, 0.2) is 5.96 Å². The third kappa shape index (κ3) is 5.31. The molecule has 0 atom stereocenters. The lowest BCUT2D eigenvalue weighted by atomic mass is 10.1. The lowest BCUT2D eigenvalue weighted by Gasteiger charge is -2.08. The molecule has 6 nitrogen and oxygen atoms in total. The molecule has 0 bridgehead atoms. The number of aryl methyl sites for hydroxylation is 2. The Morgan fingerprint density at radius 1 is 1.12 bits per heavy atom. The summed E-state index contributed by atoms with van der Waals surface area (Å²) in [4.78, 5) is 16.1. The van der Waals surface area contributed by atoms with Gasteiger partial charge >= 0.3 is 0 Å². The molecule has 0 aliphatic carbocycles. The Kier molecular flexibility index (Phi) is 5.78. The number of carbonyl (C=O) groups is 1. The average molecular weight is 326 g/mol. The Labute approximate surface area is 141 Å². The van der Waals surface area contributed by atoms with Gasteiger partial charge in [0, 0.05) is 17.8 Å². The Morgan fingerprint density at radius 3 is 2.38 bits per heavy atom. The smallest absolute Gasteiger partial charge is 0.251 e. The maximum absolute atomic E-state index is 11.9. The molecule has 0 fully saturated rings. The van der Waals surface area contributed by atoms with Gasteiger partial charge in [0.1, 0.15) is 5.75 Å². The highest BCUT2D eigenvalue weighted by Gasteiger charge is 2.04. The minimum atomic E-state index is -0.217. The Hall–Kier alpha value is -3.02. The second kappa shape index (κ2) is 8.01. The van der Waals surface area contributed by atoms with E-state index in [-0.39, 0.29) is 11.7 Å². The Morgan fingerprint density at radius 2 is 1.75 bits per heavy atom. The minimum Gasteiger partial charge on any atom is -0.508 e. The van der Waals surface area contributed by atoms with Crippen molar-refractivity contribution in [2.24, 2.45) is 10.7 Å². The molecule has 0 saturated carbocycles. The predicted molar refractivity (Wildman–Crippen MR) is 96.5 cm³/mol. The lowest BCUT2D eigenvalue weighted by Crippen LogP contribution is -2.28. The highest BCUT2D eigenvalue weighted by Crippen LogP contribution is 2.13. The van der Waals surface area contributed by atoms with Crippen LogP contribution in [0.2, 0.25) is 0 Å². The van der Waals surface area contributed by atoms with Gasteiger partial charge in [-0.1, -0.05) is 6.07 Å². The van der Waals surface area contributed by atoms with Gasteiger partial charge in [-0.3, -0.25) is 9.79 Å². The minimum absolute atomic E-state index is 0.126. The van der Waals surface area contributed by atoms with Crippen molar-refractivity contribution < 1.29 is 9.90 Å². The number of aliphatic imine (C=N–C) groups is 1. The number of amides is 1. The molecule has 0 heterocycles. The summed E-state index contributed by atoms with van der Waals surface area (Å²) in [5.41, 5.74) is 9.51. The number of carbonyl (C=O) groups excluding carboxylic acids is 1. The fraction of sp³-hybridized carbons (Fsp3) is 0.222. The van der Waals surface area contributed by atoms with Crippen molar-refractivity contribution in [1.29, 1.82) is 0 Å². The number of rotatable bonds is 5. The van der Waals surface area contributed by atoms with E-state index in [4.69, 9.17) is 5.73 Å². The Bertz CT molecular complexity index is 719. The maximum Gasteiger partial charge on any atom is 0.251 e. The van der Waals surface area contributed by atoms with Crippen LogP contribution in [-0.2, 0) is 0 Å². The number of nitrogens with two attached hydrogens (primary N) is 1. The number of guanidine groups is 1. The largest absolute Gasteiger partial charge is 0.508 e. The molecular weight excluding hydrogens is 304 g/mol. The predicted octanol–water partition coefficient (Wildman–Crippen LogP) is 2.17. The fourth-order valence-electron chi connectivity index (χ4n) is 2.29. The van der Waals surface area contributed by atoms with Crippen LogP contribution < -0.4 is 16.4 Å². The molecule has 0 aliphatic rings. The van der Waals surface area contributed by atoms with E-state index in [0.717, 1.165) is 16.8 Å². The van der Waals surface area contributed by atoms with Crippen LogP contribution in [0.1, 0.15) is 21.5 Å². The van der Waals surface area contributed by atoms with Gasteiger partial charge in [-0.25, -0.2) is 0 Å². The number of nitrogens with one attached hydrogen (secondary N) is 2. The number of nitrogens with zero attached hydrogens (tertiary/aromatic N) is 1. The monoisotopic (exact) mass is 326 g/mol. The summed E-state index contributed by atoms with van der Waals surface area (Å²) in [5.74, 6) is 0.214. The summed E-state index contributed by atoms with van der Waals surface area (Å²) in [6.07, 6.45) is 0. The first kappa shape index (κ1) is 17.3. The summed E-state index contributed by atoms with van der Waals surface area (Å²) >= 11 is 0. The molecule has 5 N–H and O–H groups in total. The van der Waals surface area contributed by atoms with E-state index >= 15 is 0 Å². The topological polar surface area (TPSA) is 99.7 Å². The number of benzene rings is 2. The third-order valence-electron chi connectivity index (χ3n) is 3.30. The molecule has 0 spiro atoms. The molecule has 24 heavy (non-hydrogen) atoms. The second-order valence-electron chi connectivity index (χ2n) is 5.57. The summed E-state index contributed by atoms with van der Waals surface area (Å²) in [5, 5.41) is 15.0. The van der Waals surface area contributed by atoms with Crippen molar-refractivity contribution in [3.63, 3.8) is 0 Å². The third-order valence-corrected chi connectivity index (χ3v) is 3.30. The number of phenolic OH excluding ortho intramolecular Hbond substituents is 1. The SMILES string of the molecule is Cc1cc(C)cc(NC(N)=NCCNC(=O)c2ccc(O)cc2)c1. The van der Waals surface area contributed by atoms with Gasteiger partial charge in [0.2, 0.25) is 0 Å². The van der Waals surface area contributed by atoms with Crippen molar-refractivity contribution in [3.05, 3.63) is 59.2 Å². The average Bonchev–Trinajstić information content (AvgIpc) is 2.51. The molecule has 0 unspecified atom stereocenters. The van der Waals surface area contributed by atoms with Gasteiger partial charge < -0.3 is 21.5 Å². The Balaban J connectivity index is 1.80. The summed E-state index contributed by atoms with van der Waals surface area (Å²) in [7, 11) is 0. The molecule has 2 rings (SSSR count). The van der Waals surface area contributed by atoms with Crippen LogP contribution in [0.15, 0.2) is 47.5 Å². The zero-order valence-corrected chi connectivity index (χ0v) is 13.8. The molecule has 0 aromatic heterocycles. The van der Waals surface area contributed by atoms with Gasteiger partial charge in [0.25, 0.3) is 5.91 Å². The van der Waals surface area contributed by atoms with Gasteiger partial charge in [-0.2, -0.15) is 0 Å². The summed E-state index contributed by atoms with van der Waals surface area (Å²) in [6.45, 7) is 4.77. The molecule has 0 aliphatic heterocycles. The van der Waals surface area contributed by atoms with E-state index in [0.29, 0.717) is 24.6 Å². The normalized spacial score (nSPS) is 11.2. The van der Waals surface area contributed by atoms with E-state index in [1.165, 1.54) is 12.1 Å². The molecule has 126 valence electrons. The van der Waals surface area contributed by atoms with Crippen LogP contribution in [0.4, 0.5) is 5.69 Å². The zero-order valence-electron chi connectivity index (χ0n) is 13.8. The van der Waals surface area contributed by atoms with Crippen molar-refractivity contribution in [1.82, 2.24) is 5.32 Å².